The van der Waals surface area contributed by atoms with Gasteiger partial charge < -0.3 is 10.0 Å². The van der Waals surface area contributed by atoms with Crippen molar-refractivity contribution >= 4 is 17.6 Å². The molecule has 29 heavy (non-hydrogen) atoms. The molecule has 3 aromatic carbocycles. The van der Waals surface area contributed by atoms with Gasteiger partial charge in [-0.25, -0.2) is 9.18 Å². The Hall–Kier alpha value is -3.47. The SMILES string of the molecule is O=C(O)c1ccc(CN2C(=O)[C@@]3(C[C@H]3c3ccc(F)cc3)c3ccccc32)cc1. The molecule has 1 spiro atoms. The Morgan fingerprint density at radius 2 is 1.72 bits per heavy atom. The van der Waals surface area contributed by atoms with Gasteiger partial charge in [-0.2, -0.15) is 0 Å². The summed E-state index contributed by atoms with van der Waals surface area (Å²) < 4.78 is 13.3. The third-order valence-corrected chi connectivity index (χ3v) is 6.08. The topological polar surface area (TPSA) is 57.6 Å². The van der Waals surface area contributed by atoms with Crippen LogP contribution in [0.1, 0.15) is 39.4 Å². The van der Waals surface area contributed by atoms with Crippen LogP contribution >= 0.6 is 0 Å². The quantitative estimate of drug-likeness (QED) is 0.717. The lowest BCUT2D eigenvalue weighted by atomic mass is 9.92. The van der Waals surface area contributed by atoms with Gasteiger partial charge >= 0.3 is 5.97 Å². The van der Waals surface area contributed by atoms with Crippen LogP contribution in [0, 0.1) is 5.82 Å². The fourth-order valence-corrected chi connectivity index (χ4v) is 4.54. The smallest absolute Gasteiger partial charge is 0.335 e. The Kier molecular flexibility index (Phi) is 3.81. The Morgan fingerprint density at radius 1 is 1.03 bits per heavy atom. The Morgan fingerprint density at radius 3 is 2.41 bits per heavy atom. The maximum atomic E-state index is 13.5. The molecule has 1 fully saturated rings. The summed E-state index contributed by atoms with van der Waals surface area (Å²) in [6, 6.07) is 20.8. The van der Waals surface area contributed by atoms with Crippen molar-refractivity contribution in [2.45, 2.75) is 24.3 Å². The first kappa shape index (κ1) is 17.6. The minimum absolute atomic E-state index is 0.0381. The van der Waals surface area contributed by atoms with E-state index in [1.165, 1.54) is 12.1 Å². The van der Waals surface area contributed by atoms with E-state index in [1.54, 1.807) is 41.3 Å². The number of anilines is 1. The average molecular weight is 387 g/mol. The third-order valence-electron chi connectivity index (χ3n) is 6.08. The van der Waals surface area contributed by atoms with E-state index < -0.39 is 11.4 Å². The van der Waals surface area contributed by atoms with E-state index in [4.69, 9.17) is 5.11 Å². The van der Waals surface area contributed by atoms with E-state index in [9.17, 15) is 14.0 Å². The number of hydrogen-bond donors (Lipinski definition) is 1. The fourth-order valence-electron chi connectivity index (χ4n) is 4.54. The van der Waals surface area contributed by atoms with Crippen molar-refractivity contribution in [3.05, 3.63) is 101 Å². The number of para-hydroxylation sites is 1. The molecule has 1 aliphatic carbocycles. The molecule has 0 aromatic heterocycles. The molecule has 5 rings (SSSR count). The molecule has 1 saturated carbocycles. The molecule has 2 aliphatic rings. The van der Waals surface area contributed by atoms with E-state index in [-0.39, 0.29) is 23.2 Å². The van der Waals surface area contributed by atoms with E-state index >= 15 is 0 Å². The van der Waals surface area contributed by atoms with Crippen LogP contribution in [0.4, 0.5) is 10.1 Å². The second-order valence-electron chi connectivity index (χ2n) is 7.69. The van der Waals surface area contributed by atoms with Crippen molar-refractivity contribution in [3.63, 3.8) is 0 Å². The van der Waals surface area contributed by atoms with Crippen LogP contribution in [0.25, 0.3) is 0 Å². The maximum absolute atomic E-state index is 13.5. The van der Waals surface area contributed by atoms with Crippen molar-refractivity contribution in [3.8, 4) is 0 Å². The second-order valence-corrected chi connectivity index (χ2v) is 7.69. The monoisotopic (exact) mass is 387 g/mol. The summed E-state index contributed by atoms with van der Waals surface area (Å²) >= 11 is 0. The molecule has 2 atom stereocenters. The molecule has 0 unspecified atom stereocenters. The van der Waals surface area contributed by atoms with Gasteiger partial charge in [0.25, 0.3) is 0 Å². The lowest BCUT2D eigenvalue weighted by Gasteiger charge is -2.18. The van der Waals surface area contributed by atoms with Crippen LogP contribution in [-0.4, -0.2) is 17.0 Å². The molecule has 1 heterocycles. The highest BCUT2D eigenvalue weighted by molar-refractivity contribution is 6.11. The number of rotatable bonds is 4. The van der Waals surface area contributed by atoms with Gasteiger partial charge in [-0.15, -0.1) is 0 Å². The first-order valence-corrected chi connectivity index (χ1v) is 9.50. The van der Waals surface area contributed by atoms with Crippen LogP contribution in [0.3, 0.4) is 0 Å². The van der Waals surface area contributed by atoms with Crippen molar-refractivity contribution in [1.82, 2.24) is 0 Å². The molecule has 5 heteroatoms. The molecule has 0 radical (unpaired) electrons. The normalized spacial score (nSPS) is 22.0. The number of amides is 1. The lowest BCUT2D eigenvalue weighted by Crippen LogP contribution is -2.32. The van der Waals surface area contributed by atoms with Crippen molar-refractivity contribution in [1.29, 1.82) is 0 Å². The fraction of sp³-hybridized carbons (Fsp3) is 0.167. The van der Waals surface area contributed by atoms with Gasteiger partial charge in [0.2, 0.25) is 5.91 Å². The standard InChI is InChI=1S/C24H18FNO3/c25-18-11-9-16(10-12-18)20-13-24(20)19-3-1-2-4-21(19)26(23(24)29)14-15-5-7-17(8-6-15)22(27)28/h1-12,20H,13-14H2,(H,27,28)/t20-,24-/m0/s1. The molecule has 144 valence electrons. The third kappa shape index (κ3) is 2.65. The van der Waals surface area contributed by atoms with Crippen molar-refractivity contribution in [2.75, 3.05) is 4.90 Å². The van der Waals surface area contributed by atoms with Gasteiger partial charge in [0, 0.05) is 11.6 Å². The molecule has 4 nitrogen and oxygen atoms in total. The number of halogens is 1. The molecular weight excluding hydrogens is 369 g/mol. The maximum Gasteiger partial charge on any atom is 0.335 e. The Bertz CT molecular complexity index is 1120. The minimum Gasteiger partial charge on any atom is -0.478 e. The summed E-state index contributed by atoms with van der Waals surface area (Å²) in [4.78, 5) is 26.4. The van der Waals surface area contributed by atoms with Gasteiger partial charge in [-0.1, -0.05) is 42.5 Å². The largest absolute Gasteiger partial charge is 0.478 e. The lowest BCUT2D eigenvalue weighted by molar-refractivity contribution is -0.120. The number of carbonyl (C=O) groups is 2. The van der Waals surface area contributed by atoms with Crippen LogP contribution in [0.2, 0.25) is 0 Å². The number of hydrogen-bond acceptors (Lipinski definition) is 2. The minimum atomic E-state index is -0.974. The number of carboxylic acids is 1. The second kappa shape index (κ2) is 6.27. The average Bonchev–Trinajstić information content (AvgIpc) is 3.44. The number of fused-ring (bicyclic) bond motifs is 2. The highest BCUT2D eigenvalue weighted by atomic mass is 19.1. The molecule has 1 amide bonds. The van der Waals surface area contributed by atoms with Crippen LogP contribution in [-0.2, 0) is 16.8 Å². The summed E-state index contributed by atoms with van der Waals surface area (Å²) in [6.07, 6.45) is 0.711. The molecular formula is C24H18FNO3. The van der Waals surface area contributed by atoms with Crippen molar-refractivity contribution < 1.29 is 19.1 Å². The summed E-state index contributed by atoms with van der Waals surface area (Å²) in [5, 5.41) is 9.08. The van der Waals surface area contributed by atoms with Crippen LogP contribution in [0.15, 0.2) is 72.8 Å². The summed E-state index contributed by atoms with van der Waals surface area (Å²) in [5.41, 5.74) is 3.38. The number of carbonyl (C=O) groups excluding carboxylic acids is 1. The zero-order chi connectivity index (χ0) is 20.2. The summed E-state index contributed by atoms with van der Waals surface area (Å²) in [7, 11) is 0. The highest BCUT2D eigenvalue weighted by Crippen LogP contribution is 2.66. The molecule has 0 saturated heterocycles. The van der Waals surface area contributed by atoms with Crippen LogP contribution in [0.5, 0.6) is 0 Å². The first-order valence-electron chi connectivity index (χ1n) is 9.50. The number of aromatic carboxylic acids is 1. The molecule has 3 aromatic rings. The van der Waals surface area contributed by atoms with E-state index in [1.807, 2.05) is 24.3 Å². The molecule has 1 N–H and O–H groups in total. The van der Waals surface area contributed by atoms with Gasteiger partial charge in [-0.3, -0.25) is 4.79 Å². The molecule has 1 aliphatic heterocycles. The first-order chi connectivity index (χ1) is 14.0. The Balaban J connectivity index is 1.48. The summed E-state index contributed by atoms with van der Waals surface area (Å²) in [5.74, 6) is -1.17. The summed E-state index contributed by atoms with van der Waals surface area (Å²) in [6.45, 7) is 0.383. The van der Waals surface area contributed by atoms with Crippen LogP contribution < -0.4 is 4.90 Å². The van der Waals surface area contributed by atoms with Gasteiger partial charge in [-0.05, 0) is 53.4 Å². The predicted octanol–water partition coefficient (Wildman–Crippen LogP) is 4.50. The van der Waals surface area contributed by atoms with Gasteiger partial charge in [0.15, 0.2) is 0 Å². The van der Waals surface area contributed by atoms with Crippen molar-refractivity contribution in [2.24, 2.45) is 0 Å². The number of benzene rings is 3. The Labute approximate surface area is 167 Å². The molecule has 0 bridgehead atoms. The van der Waals surface area contributed by atoms with Gasteiger partial charge in [0.1, 0.15) is 5.82 Å². The van der Waals surface area contributed by atoms with E-state index in [0.29, 0.717) is 13.0 Å². The number of carboxylic acid groups (broad SMARTS) is 1. The zero-order valence-corrected chi connectivity index (χ0v) is 15.5. The van der Waals surface area contributed by atoms with E-state index in [2.05, 4.69) is 0 Å². The highest BCUT2D eigenvalue weighted by Gasteiger charge is 2.66. The number of nitrogens with zero attached hydrogens (tertiary/aromatic N) is 1. The van der Waals surface area contributed by atoms with Gasteiger partial charge in [0.05, 0.1) is 17.5 Å². The zero-order valence-electron chi connectivity index (χ0n) is 15.5. The van der Waals surface area contributed by atoms with E-state index in [0.717, 1.165) is 22.4 Å². The predicted molar refractivity (Wildman–Crippen MR) is 106 cm³/mol.